The summed E-state index contributed by atoms with van der Waals surface area (Å²) < 4.78 is 47.4. The van der Waals surface area contributed by atoms with E-state index < -0.39 is 16.0 Å². The van der Waals surface area contributed by atoms with E-state index in [1.165, 1.54) is 16.4 Å². The monoisotopic (exact) mass is 467 g/mol. The molecule has 1 atom stereocenters. The summed E-state index contributed by atoms with van der Waals surface area (Å²) in [5.74, 6) is 0.326. The molecule has 0 aliphatic carbocycles. The van der Waals surface area contributed by atoms with Crippen LogP contribution in [0.15, 0.2) is 28.8 Å². The SMILES string of the molecule is Cc1nnc(CNS(=O)(=O)N2CC=C(c3nc(-c4ccc(F)cn4)[nH]c3Cl)[C@@H](C)C2)o1. The molecule has 31 heavy (non-hydrogen) atoms. The van der Waals surface area contributed by atoms with Gasteiger partial charge >= 0.3 is 0 Å². The van der Waals surface area contributed by atoms with Crippen LogP contribution < -0.4 is 4.72 Å². The third-order valence-electron chi connectivity index (χ3n) is 4.74. The van der Waals surface area contributed by atoms with Crippen LogP contribution in [-0.2, 0) is 16.8 Å². The lowest BCUT2D eigenvalue weighted by Crippen LogP contribution is -2.44. The van der Waals surface area contributed by atoms with Crippen LogP contribution in [0.25, 0.3) is 17.1 Å². The second-order valence-electron chi connectivity index (χ2n) is 7.03. The van der Waals surface area contributed by atoms with E-state index in [0.29, 0.717) is 28.3 Å². The highest BCUT2D eigenvalue weighted by Crippen LogP contribution is 2.33. The number of nitrogens with zero attached hydrogens (tertiary/aromatic N) is 5. The second kappa shape index (κ2) is 8.46. The van der Waals surface area contributed by atoms with Gasteiger partial charge in [-0.05, 0) is 23.6 Å². The zero-order valence-electron chi connectivity index (χ0n) is 16.6. The predicted molar refractivity (Wildman–Crippen MR) is 110 cm³/mol. The molecule has 0 aromatic carbocycles. The Bertz CT molecular complexity index is 1220. The van der Waals surface area contributed by atoms with Crippen molar-refractivity contribution in [1.29, 1.82) is 0 Å². The molecule has 1 aliphatic rings. The van der Waals surface area contributed by atoms with E-state index in [9.17, 15) is 12.8 Å². The van der Waals surface area contributed by atoms with E-state index in [1.54, 1.807) is 13.0 Å². The first kappa shape index (κ1) is 21.6. The normalized spacial score (nSPS) is 17.7. The minimum Gasteiger partial charge on any atom is -0.424 e. The maximum atomic E-state index is 13.1. The molecule has 0 saturated carbocycles. The van der Waals surface area contributed by atoms with Gasteiger partial charge in [0.2, 0.25) is 11.8 Å². The fourth-order valence-corrected chi connectivity index (χ4v) is 4.66. The molecule has 3 aromatic rings. The summed E-state index contributed by atoms with van der Waals surface area (Å²) in [4.78, 5) is 11.4. The van der Waals surface area contributed by atoms with E-state index in [4.69, 9.17) is 16.0 Å². The van der Waals surface area contributed by atoms with Crippen LogP contribution in [0.3, 0.4) is 0 Å². The number of nitrogens with one attached hydrogen (secondary N) is 2. The first-order valence-corrected chi connectivity index (χ1v) is 11.2. The number of rotatable bonds is 6. The van der Waals surface area contributed by atoms with Crippen molar-refractivity contribution in [1.82, 2.24) is 34.2 Å². The van der Waals surface area contributed by atoms with E-state index >= 15 is 0 Å². The van der Waals surface area contributed by atoms with Crippen molar-refractivity contribution >= 4 is 27.4 Å². The van der Waals surface area contributed by atoms with Crippen molar-refractivity contribution < 1.29 is 17.2 Å². The third kappa shape index (κ3) is 4.66. The van der Waals surface area contributed by atoms with Crippen LogP contribution in [0.5, 0.6) is 0 Å². The molecule has 3 aromatic heterocycles. The first-order chi connectivity index (χ1) is 14.7. The third-order valence-corrected chi connectivity index (χ3v) is 6.50. The molecule has 1 aliphatic heterocycles. The van der Waals surface area contributed by atoms with Crippen LogP contribution >= 0.6 is 11.6 Å². The van der Waals surface area contributed by atoms with Gasteiger partial charge < -0.3 is 9.40 Å². The molecular formula is C18H19ClFN7O3S. The number of pyridine rings is 1. The molecule has 4 heterocycles. The van der Waals surface area contributed by atoms with Crippen molar-refractivity contribution in [2.75, 3.05) is 13.1 Å². The molecule has 2 N–H and O–H groups in total. The standard InChI is InChI=1S/C18H19ClFN7O3S/c1-10-9-27(31(28,29)22-8-15-26-25-11(2)30-15)6-5-13(10)16-17(19)24-18(23-16)14-4-3-12(20)7-21-14/h3-5,7,10,22H,6,8-9H2,1-2H3,(H,23,24)/t10-/m0/s1. The number of imidazole rings is 1. The molecule has 0 radical (unpaired) electrons. The quantitative estimate of drug-likeness (QED) is 0.568. The molecule has 10 nitrogen and oxygen atoms in total. The molecule has 13 heteroatoms. The minimum absolute atomic E-state index is 0.0934. The Hall–Kier alpha value is -2.67. The maximum absolute atomic E-state index is 13.1. The highest BCUT2D eigenvalue weighted by Gasteiger charge is 2.30. The summed E-state index contributed by atoms with van der Waals surface area (Å²) in [7, 11) is -3.76. The smallest absolute Gasteiger partial charge is 0.280 e. The molecule has 0 bridgehead atoms. The molecule has 4 rings (SSSR count). The molecule has 0 saturated heterocycles. The largest absolute Gasteiger partial charge is 0.424 e. The number of aromatic nitrogens is 5. The van der Waals surface area contributed by atoms with Crippen molar-refractivity contribution in [3.63, 3.8) is 0 Å². The van der Waals surface area contributed by atoms with Gasteiger partial charge in [-0.3, -0.25) is 0 Å². The number of hydrogen-bond acceptors (Lipinski definition) is 7. The minimum atomic E-state index is -3.76. The summed E-state index contributed by atoms with van der Waals surface area (Å²) in [6.07, 6.45) is 2.87. The van der Waals surface area contributed by atoms with E-state index in [-0.39, 0.29) is 31.4 Å². The average Bonchev–Trinajstić information content (AvgIpc) is 3.32. The molecule has 0 amide bonds. The van der Waals surface area contributed by atoms with Crippen LogP contribution in [0.2, 0.25) is 5.15 Å². The lowest BCUT2D eigenvalue weighted by Gasteiger charge is -2.29. The summed E-state index contributed by atoms with van der Waals surface area (Å²) >= 11 is 6.34. The van der Waals surface area contributed by atoms with E-state index in [0.717, 1.165) is 11.8 Å². The van der Waals surface area contributed by atoms with Crippen LogP contribution in [0.1, 0.15) is 24.4 Å². The Kier molecular flexibility index (Phi) is 5.88. The fraction of sp³-hybridized carbons (Fsp3) is 0.333. The maximum Gasteiger partial charge on any atom is 0.280 e. The topological polar surface area (TPSA) is 130 Å². The van der Waals surface area contributed by atoms with Crippen molar-refractivity contribution in [2.45, 2.75) is 20.4 Å². The summed E-state index contributed by atoms with van der Waals surface area (Å²) in [5, 5.41) is 7.75. The van der Waals surface area contributed by atoms with Gasteiger partial charge in [0.15, 0.2) is 5.82 Å². The Morgan fingerprint density at radius 1 is 1.39 bits per heavy atom. The van der Waals surface area contributed by atoms with Crippen molar-refractivity contribution in [2.24, 2.45) is 5.92 Å². The van der Waals surface area contributed by atoms with E-state index in [1.807, 2.05) is 6.92 Å². The van der Waals surface area contributed by atoms with Gasteiger partial charge in [-0.15, -0.1) is 10.2 Å². The van der Waals surface area contributed by atoms with Crippen molar-refractivity contribution in [3.8, 4) is 11.5 Å². The fourth-order valence-electron chi connectivity index (χ4n) is 3.24. The molecule has 0 fully saturated rings. The van der Waals surface area contributed by atoms with Crippen LogP contribution in [0, 0.1) is 18.7 Å². The number of H-pyrrole nitrogens is 1. The number of hydrogen-bond donors (Lipinski definition) is 2. The lowest BCUT2D eigenvalue weighted by atomic mass is 9.95. The van der Waals surface area contributed by atoms with Gasteiger partial charge in [0.25, 0.3) is 10.2 Å². The average molecular weight is 468 g/mol. The first-order valence-electron chi connectivity index (χ1n) is 9.34. The summed E-state index contributed by atoms with van der Waals surface area (Å²) in [5.41, 5.74) is 1.78. The van der Waals surface area contributed by atoms with Gasteiger partial charge in [-0.2, -0.15) is 17.4 Å². The number of aromatic amines is 1. The van der Waals surface area contributed by atoms with Crippen molar-refractivity contribution in [3.05, 3.63) is 52.9 Å². The Labute approximate surface area is 182 Å². The lowest BCUT2D eigenvalue weighted by molar-refractivity contribution is 0.388. The highest BCUT2D eigenvalue weighted by atomic mass is 35.5. The Morgan fingerprint density at radius 3 is 2.84 bits per heavy atom. The Balaban J connectivity index is 1.50. The zero-order valence-corrected chi connectivity index (χ0v) is 18.2. The van der Waals surface area contributed by atoms with Gasteiger partial charge in [-0.1, -0.05) is 24.6 Å². The summed E-state index contributed by atoms with van der Waals surface area (Å²) in [6, 6.07) is 2.78. The zero-order chi connectivity index (χ0) is 22.2. The van der Waals surface area contributed by atoms with Gasteiger partial charge in [0, 0.05) is 20.0 Å². The molecule has 0 spiro atoms. The van der Waals surface area contributed by atoms with Gasteiger partial charge in [0.05, 0.1) is 12.7 Å². The van der Waals surface area contributed by atoms with Crippen LogP contribution in [-0.4, -0.2) is 51.0 Å². The van der Waals surface area contributed by atoms with Gasteiger partial charge in [-0.25, -0.2) is 14.4 Å². The highest BCUT2D eigenvalue weighted by molar-refractivity contribution is 7.87. The van der Waals surface area contributed by atoms with Gasteiger partial charge in [0.1, 0.15) is 22.4 Å². The predicted octanol–water partition coefficient (Wildman–Crippen LogP) is 2.33. The summed E-state index contributed by atoms with van der Waals surface area (Å²) in [6.45, 7) is 3.80. The molecule has 0 unspecified atom stereocenters. The Morgan fingerprint density at radius 2 is 2.19 bits per heavy atom. The molecule has 164 valence electrons. The van der Waals surface area contributed by atoms with E-state index in [2.05, 4.69) is 29.9 Å². The van der Waals surface area contributed by atoms with Crippen LogP contribution in [0.4, 0.5) is 4.39 Å². The number of halogens is 2. The number of aryl methyl sites for hydroxylation is 1. The second-order valence-corrected chi connectivity index (χ2v) is 9.16. The molecular weight excluding hydrogens is 449 g/mol.